The predicted octanol–water partition coefficient (Wildman–Crippen LogP) is 20.9. The highest BCUT2D eigenvalue weighted by molar-refractivity contribution is 8.76. The maximum Gasteiger partial charge on any atom is 0.0165 e. The van der Waals surface area contributed by atoms with E-state index in [9.17, 15) is 0 Å². The zero-order chi connectivity index (χ0) is 46.5. The predicted molar refractivity (Wildman–Crippen MR) is 302 cm³/mol. The number of nitrogens with zero attached hydrogens (tertiary/aromatic N) is 2. The molecule has 0 spiro atoms. The summed E-state index contributed by atoms with van der Waals surface area (Å²) in [5.41, 5.74) is 0. The minimum absolute atomic E-state index is 0.770. The van der Waals surface area contributed by atoms with Crippen LogP contribution in [0.4, 0.5) is 0 Å². The van der Waals surface area contributed by atoms with Gasteiger partial charge in [-0.3, -0.25) is 0 Å². The molecule has 64 heavy (non-hydrogen) atoms. The van der Waals surface area contributed by atoms with Crippen LogP contribution in [0.15, 0.2) is 48.6 Å². The monoisotopic (exact) mass is 929 g/mol. The summed E-state index contributed by atoms with van der Waals surface area (Å²) in [6.45, 7) is 11.7. The lowest BCUT2D eigenvalue weighted by atomic mass is 9.99. The topological polar surface area (TPSA) is 6.48 Å². The fraction of sp³-hybridized carbons (Fsp3) is 0.867. The van der Waals surface area contributed by atoms with Crippen LogP contribution < -0.4 is 0 Å². The third-order valence-electron chi connectivity index (χ3n) is 13.6. The molecule has 4 heteroatoms. The van der Waals surface area contributed by atoms with Gasteiger partial charge in [-0.05, 0) is 104 Å². The molecular formula is C60H116N2S2. The van der Waals surface area contributed by atoms with E-state index in [0.29, 0.717) is 0 Å². The Balaban J connectivity index is 4.59. The molecule has 0 saturated carbocycles. The van der Waals surface area contributed by atoms with Crippen LogP contribution in [0.5, 0.6) is 0 Å². The van der Waals surface area contributed by atoms with Crippen molar-refractivity contribution in [2.45, 2.75) is 297 Å². The quantitative estimate of drug-likeness (QED) is 0.0340. The Kier molecular flexibility index (Phi) is 54.8. The van der Waals surface area contributed by atoms with E-state index < -0.39 is 0 Å². The van der Waals surface area contributed by atoms with Gasteiger partial charge in [0.25, 0.3) is 0 Å². The molecule has 0 saturated heterocycles. The lowest BCUT2D eigenvalue weighted by molar-refractivity contribution is 0.220. The van der Waals surface area contributed by atoms with Gasteiger partial charge in [0, 0.05) is 36.7 Å². The van der Waals surface area contributed by atoms with E-state index in [1.165, 1.54) is 269 Å². The smallest absolute Gasteiger partial charge is 0.0165 e. The molecule has 0 heterocycles. The molecule has 2 nitrogen and oxygen atoms in total. The summed E-state index contributed by atoms with van der Waals surface area (Å²) in [7, 11) is 9.17. The standard InChI is InChI=1S/C60H116N2S2/c1-7-11-15-19-23-25-27-29-31-33-35-37-41-45-49-53-59(51-47-43-39-21-17-13-9-3)61(5)55-57-63-64-58-56-62(6)60(52-48-44-40-22-18-14-10-4)54-50-46-42-38-36-34-32-30-28-26-24-20-16-12-8-2/h23-26,29-32,59-60H,7-22,27-28,33-58H2,1-6H3/b25-23-,26-24-,31-29-,32-30-. The van der Waals surface area contributed by atoms with E-state index >= 15 is 0 Å². The van der Waals surface area contributed by atoms with Crippen molar-refractivity contribution in [1.82, 2.24) is 9.80 Å². The van der Waals surface area contributed by atoms with Crippen molar-refractivity contribution in [1.29, 1.82) is 0 Å². The molecule has 0 aromatic heterocycles. The van der Waals surface area contributed by atoms with Crippen LogP contribution in [0.1, 0.15) is 285 Å². The first-order chi connectivity index (χ1) is 31.6. The van der Waals surface area contributed by atoms with Crippen LogP contribution in [0.3, 0.4) is 0 Å². The summed E-state index contributed by atoms with van der Waals surface area (Å²) in [5, 5.41) is 0. The van der Waals surface area contributed by atoms with Gasteiger partial charge in [0.2, 0.25) is 0 Å². The third kappa shape index (κ3) is 48.1. The summed E-state index contributed by atoms with van der Waals surface area (Å²) in [4.78, 5) is 5.51. The molecule has 0 bridgehead atoms. The molecule has 0 radical (unpaired) electrons. The van der Waals surface area contributed by atoms with Crippen LogP contribution in [-0.4, -0.2) is 60.6 Å². The van der Waals surface area contributed by atoms with Gasteiger partial charge in [-0.1, -0.05) is 265 Å². The van der Waals surface area contributed by atoms with E-state index in [0.717, 1.165) is 24.9 Å². The van der Waals surface area contributed by atoms with Crippen molar-refractivity contribution in [2.75, 3.05) is 38.7 Å². The van der Waals surface area contributed by atoms with Crippen molar-refractivity contribution < 1.29 is 0 Å². The average Bonchev–Trinajstić information content (AvgIpc) is 3.30. The van der Waals surface area contributed by atoms with Crippen molar-refractivity contribution in [3.63, 3.8) is 0 Å². The zero-order valence-corrected chi connectivity index (χ0v) is 46.2. The first kappa shape index (κ1) is 63.6. The second-order valence-corrected chi connectivity index (χ2v) is 22.5. The lowest BCUT2D eigenvalue weighted by Crippen LogP contribution is -2.34. The van der Waals surface area contributed by atoms with E-state index in [2.05, 4.69) is 122 Å². The molecule has 2 unspecified atom stereocenters. The van der Waals surface area contributed by atoms with E-state index in [-0.39, 0.29) is 0 Å². The molecule has 0 aromatic rings. The Labute approximate surface area is 413 Å². The highest BCUT2D eigenvalue weighted by atomic mass is 33.1. The molecule has 0 aliphatic rings. The molecule has 378 valence electrons. The lowest BCUT2D eigenvalue weighted by Gasteiger charge is -2.29. The summed E-state index contributed by atoms with van der Waals surface area (Å²) in [5.74, 6) is 2.52. The average molecular weight is 930 g/mol. The fourth-order valence-corrected chi connectivity index (χ4v) is 11.2. The van der Waals surface area contributed by atoms with Crippen molar-refractivity contribution in [2.24, 2.45) is 0 Å². The highest BCUT2D eigenvalue weighted by Crippen LogP contribution is 2.25. The normalized spacial score (nSPS) is 13.4. The second kappa shape index (κ2) is 55.2. The van der Waals surface area contributed by atoms with Crippen molar-refractivity contribution in [3.8, 4) is 0 Å². The molecular weight excluding hydrogens is 813 g/mol. The largest absolute Gasteiger partial charge is 0.303 e. The molecule has 0 N–H and O–H groups in total. The molecule has 0 aliphatic carbocycles. The molecule has 0 rings (SSSR count). The first-order valence-electron chi connectivity index (χ1n) is 28.8. The van der Waals surface area contributed by atoms with Gasteiger partial charge in [0.15, 0.2) is 0 Å². The van der Waals surface area contributed by atoms with Crippen molar-refractivity contribution >= 4 is 21.6 Å². The summed E-state index contributed by atoms with van der Waals surface area (Å²) < 4.78 is 0. The fourth-order valence-electron chi connectivity index (χ4n) is 9.07. The maximum absolute atomic E-state index is 2.75. The molecule has 0 aliphatic heterocycles. The van der Waals surface area contributed by atoms with Crippen LogP contribution in [-0.2, 0) is 0 Å². The highest BCUT2D eigenvalue weighted by Gasteiger charge is 2.16. The van der Waals surface area contributed by atoms with Crippen LogP contribution in [0, 0.1) is 0 Å². The number of rotatable bonds is 53. The minimum atomic E-state index is 0.770. The first-order valence-corrected chi connectivity index (χ1v) is 31.3. The summed E-state index contributed by atoms with van der Waals surface area (Å²) in [6, 6.07) is 1.54. The Morgan fingerprint density at radius 1 is 0.297 bits per heavy atom. The number of unbranched alkanes of at least 4 members (excludes halogenated alkanes) is 28. The van der Waals surface area contributed by atoms with Gasteiger partial charge in [0.05, 0.1) is 0 Å². The number of hydrogen-bond acceptors (Lipinski definition) is 4. The Hall–Kier alpha value is -0.420. The Bertz CT molecular complexity index is 912. The van der Waals surface area contributed by atoms with Gasteiger partial charge in [0.1, 0.15) is 0 Å². The Morgan fingerprint density at radius 2 is 0.531 bits per heavy atom. The maximum atomic E-state index is 2.75. The van der Waals surface area contributed by atoms with Crippen LogP contribution >= 0.6 is 21.6 Å². The summed E-state index contributed by atoms with van der Waals surface area (Å²) >= 11 is 0. The SMILES string of the molecule is CCCCC/C=C\C/C=C\CCCCCCCC(CCCCCCCCC)N(C)CCSSCCN(C)C(CCCCCCC/C=C\C/C=C\CCCCC)CCCCCCCCC. The van der Waals surface area contributed by atoms with E-state index in [1.807, 2.05) is 0 Å². The van der Waals surface area contributed by atoms with Gasteiger partial charge in [-0.15, -0.1) is 0 Å². The third-order valence-corrected chi connectivity index (χ3v) is 16.0. The van der Waals surface area contributed by atoms with Gasteiger partial charge in [-0.25, -0.2) is 0 Å². The molecule has 0 aromatic carbocycles. The molecule has 2 atom stereocenters. The molecule has 0 amide bonds. The van der Waals surface area contributed by atoms with Gasteiger partial charge < -0.3 is 9.80 Å². The zero-order valence-electron chi connectivity index (χ0n) is 44.6. The van der Waals surface area contributed by atoms with Crippen LogP contribution in [0.25, 0.3) is 0 Å². The summed E-state index contributed by atoms with van der Waals surface area (Å²) in [6.07, 6.45) is 73.9. The Morgan fingerprint density at radius 3 is 0.828 bits per heavy atom. The van der Waals surface area contributed by atoms with Crippen molar-refractivity contribution in [3.05, 3.63) is 48.6 Å². The van der Waals surface area contributed by atoms with Crippen LogP contribution in [0.2, 0.25) is 0 Å². The number of allylic oxidation sites excluding steroid dienone is 8. The number of hydrogen-bond donors (Lipinski definition) is 0. The van der Waals surface area contributed by atoms with E-state index in [4.69, 9.17) is 0 Å². The van der Waals surface area contributed by atoms with Gasteiger partial charge in [-0.2, -0.15) is 0 Å². The van der Waals surface area contributed by atoms with Gasteiger partial charge >= 0.3 is 0 Å². The minimum Gasteiger partial charge on any atom is -0.303 e. The second-order valence-electron chi connectivity index (χ2n) is 19.8. The van der Waals surface area contributed by atoms with E-state index in [1.54, 1.807) is 0 Å². The molecule has 0 fully saturated rings.